The second-order valence-corrected chi connectivity index (χ2v) is 7.47. The molecule has 1 aliphatic heterocycles. The Morgan fingerprint density at radius 3 is 2.57 bits per heavy atom. The quantitative estimate of drug-likeness (QED) is 0.783. The van der Waals surface area contributed by atoms with Gasteiger partial charge in [-0.1, -0.05) is 18.2 Å². The molecule has 0 saturated carbocycles. The highest BCUT2D eigenvalue weighted by Gasteiger charge is 2.16. The van der Waals surface area contributed by atoms with Crippen LogP contribution in [0.5, 0.6) is 0 Å². The minimum atomic E-state index is -0.275. The van der Waals surface area contributed by atoms with E-state index in [1.807, 2.05) is 43.3 Å². The van der Waals surface area contributed by atoms with Gasteiger partial charge in [-0.3, -0.25) is 0 Å². The molecule has 1 heterocycles. The summed E-state index contributed by atoms with van der Waals surface area (Å²) in [5.74, 6) is -0.275. The largest absolute Gasteiger partial charge is 0.371 e. The Bertz CT molecular complexity index is 790. The molecule has 5 nitrogen and oxygen atoms in total. The van der Waals surface area contributed by atoms with Gasteiger partial charge in [0.2, 0.25) is 0 Å². The average molecular weight is 384 g/mol. The molecule has 2 N–H and O–H groups in total. The standard InChI is InChI=1S/C22H29FN4O/c1-26(2)21(17-8-6-9-18(23)14-17)16-24-22(28)25-19-10-7-11-20(15-19)27-12-4-3-5-13-27/h6-11,14-15,21H,3-5,12-13,16H2,1-2H3,(H2,24,25,28). The molecule has 0 bridgehead atoms. The van der Waals surface area contributed by atoms with Crippen molar-refractivity contribution < 1.29 is 9.18 Å². The van der Waals surface area contributed by atoms with Crippen LogP contribution in [0.1, 0.15) is 30.9 Å². The highest BCUT2D eigenvalue weighted by atomic mass is 19.1. The van der Waals surface area contributed by atoms with Crippen LogP contribution in [0.15, 0.2) is 48.5 Å². The molecule has 1 fully saturated rings. The van der Waals surface area contributed by atoms with Gasteiger partial charge in [-0.05, 0) is 69.3 Å². The van der Waals surface area contributed by atoms with Gasteiger partial charge in [-0.15, -0.1) is 0 Å². The Morgan fingerprint density at radius 2 is 1.86 bits per heavy atom. The molecule has 2 aromatic rings. The molecule has 1 aliphatic rings. The lowest BCUT2D eigenvalue weighted by Gasteiger charge is -2.29. The zero-order chi connectivity index (χ0) is 19.9. The number of nitrogens with one attached hydrogen (secondary N) is 2. The van der Waals surface area contributed by atoms with Crippen molar-refractivity contribution in [3.8, 4) is 0 Å². The lowest BCUT2D eigenvalue weighted by atomic mass is 10.1. The molecule has 0 spiro atoms. The number of nitrogens with zero attached hydrogens (tertiary/aromatic N) is 2. The molecular formula is C22H29FN4O. The molecule has 3 rings (SSSR count). The van der Waals surface area contributed by atoms with Gasteiger partial charge in [-0.25, -0.2) is 9.18 Å². The van der Waals surface area contributed by atoms with E-state index < -0.39 is 0 Å². The number of hydrogen-bond acceptors (Lipinski definition) is 3. The third-order valence-corrected chi connectivity index (χ3v) is 5.14. The van der Waals surface area contributed by atoms with Crippen LogP contribution in [0.3, 0.4) is 0 Å². The van der Waals surface area contributed by atoms with Crippen LogP contribution < -0.4 is 15.5 Å². The molecule has 6 heteroatoms. The zero-order valence-corrected chi connectivity index (χ0v) is 16.6. The van der Waals surface area contributed by atoms with Crippen molar-refractivity contribution in [2.75, 3.05) is 43.9 Å². The van der Waals surface area contributed by atoms with Crippen LogP contribution in [0, 0.1) is 5.82 Å². The van der Waals surface area contributed by atoms with Gasteiger partial charge in [0.15, 0.2) is 0 Å². The van der Waals surface area contributed by atoms with E-state index in [0.29, 0.717) is 6.54 Å². The molecule has 0 radical (unpaired) electrons. The van der Waals surface area contributed by atoms with Crippen molar-refractivity contribution in [2.24, 2.45) is 0 Å². The van der Waals surface area contributed by atoms with Gasteiger partial charge in [0.1, 0.15) is 5.82 Å². The third-order valence-electron chi connectivity index (χ3n) is 5.14. The fourth-order valence-corrected chi connectivity index (χ4v) is 3.61. The summed E-state index contributed by atoms with van der Waals surface area (Å²) < 4.78 is 13.5. The predicted molar refractivity (Wildman–Crippen MR) is 112 cm³/mol. The van der Waals surface area contributed by atoms with E-state index in [9.17, 15) is 9.18 Å². The molecule has 2 aromatic carbocycles. The van der Waals surface area contributed by atoms with Gasteiger partial charge in [0.05, 0.1) is 6.04 Å². The number of carbonyl (C=O) groups is 1. The van der Waals surface area contributed by atoms with Crippen molar-refractivity contribution in [1.29, 1.82) is 0 Å². The van der Waals surface area contributed by atoms with Crippen LogP contribution in [0.4, 0.5) is 20.6 Å². The smallest absolute Gasteiger partial charge is 0.319 e. The lowest BCUT2D eigenvalue weighted by molar-refractivity contribution is 0.243. The Labute approximate surface area is 166 Å². The number of piperidine rings is 1. The topological polar surface area (TPSA) is 47.6 Å². The Hall–Kier alpha value is -2.60. The fourth-order valence-electron chi connectivity index (χ4n) is 3.61. The third kappa shape index (κ3) is 5.45. The molecule has 1 saturated heterocycles. The Morgan fingerprint density at radius 1 is 1.11 bits per heavy atom. The van der Waals surface area contributed by atoms with Gasteiger partial charge in [0, 0.05) is 31.0 Å². The normalized spacial score (nSPS) is 15.4. The number of amides is 2. The van der Waals surface area contributed by atoms with Crippen molar-refractivity contribution in [1.82, 2.24) is 10.2 Å². The maximum Gasteiger partial charge on any atom is 0.319 e. The summed E-state index contributed by atoms with van der Waals surface area (Å²) in [7, 11) is 3.83. The molecule has 150 valence electrons. The summed E-state index contributed by atoms with van der Waals surface area (Å²) >= 11 is 0. The first kappa shape index (κ1) is 20.1. The molecule has 1 unspecified atom stereocenters. The van der Waals surface area contributed by atoms with Gasteiger partial charge in [-0.2, -0.15) is 0 Å². The van der Waals surface area contributed by atoms with Crippen LogP contribution in [-0.2, 0) is 0 Å². The van der Waals surface area contributed by atoms with E-state index >= 15 is 0 Å². The lowest BCUT2D eigenvalue weighted by Crippen LogP contribution is -2.37. The first-order valence-corrected chi connectivity index (χ1v) is 9.85. The van der Waals surface area contributed by atoms with Gasteiger partial charge in [0.25, 0.3) is 0 Å². The second kappa shape index (κ2) is 9.55. The predicted octanol–water partition coefficient (Wildman–Crippen LogP) is 4.24. The van der Waals surface area contributed by atoms with Crippen LogP contribution in [0.25, 0.3) is 0 Å². The minimum Gasteiger partial charge on any atom is -0.371 e. The van der Waals surface area contributed by atoms with Crippen LogP contribution >= 0.6 is 0 Å². The maximum absolute atomic E-state index is 13.5. The molecular weight excluding hydrogens is 355 g/mol. The number of benzene rings is 2. The monoisotopic (exact) mass is 384 g/mol. The molecule has 28 heavy (non-hydrogen) atoms. The van der Waals surface area contributed by atoms with Crippen molar-refractivity contribution in [3.05, 3.63) is 59.9 Å². The summed E-state index contributed by atoms with van der Waals surface area (Å²) in [6.07, 6.45) is 3.71. The summed E-state index contributed by atoms with van der Waals surface area (Å²) in [4.78, 5) is 16.7. The molecule has 0 aromatic heterocycles. The number of likely N-dealkylation sites (N-methyl/N-ethyl adjacent to an activating group) is 1. The number of halogens is 1. The van der Waals surface area contributed by atoms with Gasteiger partial charge >= 0.3 is 6.03 Å². The van der Waals surface area contributed by atoms with E-state index in [1.54, 1.807) is 6.07 Å². The SMILES string of the molecule is CN(C)C(CNC(=O)Nc1cccc(N2CCCCC2)c1)c1cccc(F)c1. The van der Waals surface area contributed by atoms with Crippen LogP contribution in [-0.4, -0.2) is 44.7 Å². The van der Waals surface area contributed by atoms with Crippen molar-refractivity contribution in [2.45, 2.75) is 25.3 Å². The van der Waals surface area contributed by atoms with E-state index in [0.717, 1.165) is 30.0 Å². The summed E-state index contributed by atoms with van der Waals surface area (Å²) in [6.45, 7) is 2.51. The fraction of sp³-hybridized carbons (Fsp3) is 0.409. The highest BCUT2D eigenvalue weighted by molar-refractivity contribution is 5.89. The van der Waals surface area contributed by atoms with Gasteiger partial charge < -0.3 is 20.4 Å². The van der Waals surface area contributed by atoms with Crippen molar-refractivity contribution in [3.63, 3.8) is 0 Å². The first-order valence-electron chi connectivity index (χ1n) is 9.85. The number of hydrogen-bond donors (Lipinski definition) is 2. The van der Waals surface area contributed by atoms with Crippen LogP contribution in [0.2, 0.25) is 0 Å². The number of carbonyl (C=O) groups excluding carboxylic acids is 1. The number of anilines is 2. The van der Waals surface area contributed by atoms with E-state index in [-0.39, 0.29) is 17.9 Å². The molecule has 1 atom stereocenters. The highest BCUT2D eigenvalue weighted by Crippen LogP contribution is 2.23. The van der Waals surface area contributed by atoms with E-state index in [4.69, 9.17) is 0 Å². The summed E-state index contributed by atoms with van der Waals surface area (Å²) in [5, 5.41) is 5.81. The molecule has 0 aliphatic carbocycles. The number of rotatable bonds is 6. The Kier molecular flexibility index (Phi) is 6.87. The maximum atomic E-state index is 13.5. The second-order valence-electron chi connectivity index (χ2n) is 7.47. The van der Waals surface area contributed by atoms with E-state index in [1.165, 1.54) is 31.4 Å². The van der Waals surface area contributed by atoms with E-state index in [2.05, 4.69) is 21.6 Å². The first-order chi connectivity index (χ1) is 13.5. The minimum absolute atomic E-state index is 0.110. The zero-order valence-electron chi connectivity index (χ0n) is 16.6. The average Bonchev–Trinajstić information content (AvgIpc) is 2.69. The Balaban J connectivity index is 1.58. The molecule has 2 amide bonds. The summed E-state index contributed by atoms with van der Waals surface area (Å²) in [5.41, 5.74) is 2.74. The summed E-state index contributed by atoms with van der Waals surface area (Å²) in [6, 6.07) is 14.1. The van der Waals surface area contributed by atoms with Crippen molar-refractivity contribution >= 4 is 17.4 Å². The number of urea groups is 1.